The Hall–Kier alpha value is -4.06. The molecule has 1 atom stereocenters. The summed E-state index contributed by atoms with van der Waals surface area (Å²) in [7, 11) is 0. The number of rotatable bonds is 8. The predicted molar refractivity (Wildman–Crippen MR) is 173 cm³/mol. The second-order valence-corrected chi connectivity index (χ2v) is 12.2. The lowest BCUT2D eigenvalue weighted by Gasteiger charge is -2.41. The number of fused-ring (bicyclic) bond motifs is 2. The largest absolute Gasteiger partial charge is 0.384 e. The maximum atomic E-state index is 13.4. The zero-order valence-corrected chi connectivity index (χ0v) is 25.4. The summed E-state index contributed by atoms with van der Waals surface area (Å²) in [4.78, 5) is 32.7. The van der Waals surface area contributed by atoms with E-state index in [1.165, 1.54) is 18.5 Å². The molecule has 2 fully saturated rings. The Morgan fingerprint density at radius 2 is 1.86 bits per heavy atom. The average molecular weight is 596 g/mol. The fourth-order valence-corrected chi connectivity index (χ4v) is 7.01. The smallest absolute Gasteiger partial charge is 0.278 e. The molecule has 2 saturated heterocycles. The number of aryl methyl sites for hydroxylation is 1. The van der Waals surface area contributed by atoms with Crippen LogP contribution in [-0.4, -0.2) is 79.6 Å². The molecule has 0 bridgehead atoms. The number of nitrogens with zero attached hydrogens (tertiary/aromatic N) is 7. The summed E-state index contributed by atoms with van der Waals surface area (Å²) in [6, 6.07) is 13.0. The van der Waals surface area contributed by atoms with E-state index in [0.29, 0.717) is 47.4 Å². The van der Waals surface area contributed by atoms with Crippen LogP contribution in [-0.2, 0) is 18.6 Å². The number of piperidine rings is 1. The van der Waals surface area contributed by atoms with Crippen LogP contribution >= 0.6 is 0 Å². The normalized spacial score (nSPS) is 21.1. The highest BCUT2D eigenvalue weighted by Crippen LogP contribution is 2.38. The van der Waals surface area contributed by atoms with Crippen molar-refractivity contribution in [1.29, 1.82) is 0 Å². The molecule has 3 N–H and O–H groups in total. The third-order valence-electron chi connectivity index (χ3n) is 9.62. The molecule has 7 rings (SSSR count). The molecule has 230 valence electrons. The monoisotopic (exact) mass is 595 g/mol. The van der Waals surface area contributed by atoms with Crippen LogP contribution in [0.5, 0.6) is 0 Å². The minimum absolute atomic E-state index is 0.218. The number of allylic oxidation sites excluding steroid dienone is 1. The standard InChI is InChI=1S/C33H41N9O2/c1-3-17-41-31(43)27-22-35-32(38-30(27)42(41)28-10-5-23-11-14-33(44,4-2)29(23)37-28)36-24-6-8-25(9-7-24)39-18-20-40(21-19-39)26-12-15-34-16-13-26/h3,5-10,22,26,34,44H,1,4,11-21H2,2H3,(H,35,36,38)/t33-/m1/s1. The minimum atomic E-state index is -0.966. The minimum Gasteiger partial charge on any atom is -0.384 e. The van der Waals surface area contributed by atoms with Crippen LogP contribution in [0.1, 0.15) is 43.9 Å². The van der Waals surface area contributed by atoms with Crippen molar-refractivity contribution in [2.75, 3.05) is 49.5 Å². The van der Waals surface area contributed by atoms with Gasteiger partial charge in [0.2, 0.25) is 5.95 Å². The number of piperazine rings is 1. The van der Waals surface area contributed by atoms with Gasteiger partial charge in [0.25, 0.3) is 5.56 Å². The number of aliphatic hydroxyl groups is 1. The molecule has 44 heavy (non-hydrogen) atoms. The molecule has 11 heteroatoms. The number of benzene rings is 1. The molecule has 4 aromatic rings. The topological polar surface area (TPSA) is 116 Å². The lowest BCUT2D eigenvalue weighted by Crippen LogP contribution is -2.52. The van der Waals surface area contributed by atoms with Crippen LogP contribution in [0.2, 0.25) is 0 Å². The molecule has 3 aliphatic rings. The van der Waals surface area contributed by atoms with Crippen molar-refractivity contribution in [2.24, 2.45) is 0 Å². The van der Waals surface area contributed by atoms with E-state index in [9.17, 15) is 9.90 Å². The van der Waals surface area contributed by atoms with Crippen molar-refractivity contribution in [3.8, 4) is 5.82 Å². The van der Waals surface area contributed by atoms with E-state index in [1.807, 2.05) is 31.2 Å². The lowest BCUT2D eigenvalue weighted by atomic mass is 9.98. The average Bonchev–Trinajstić information content (AvgIpc) is 3.55. The van der Waals surface area contributed by atoms with Gasteiger partial charge in [-0.3, -0.25) is 9.69 Å². The Morgan fingerprint density at radius 3 is 2.59 bits per heavy atom. The molecular weight excluding hydrogens is 554 g/mol. The number of pyridine rings is 1. The SMILES string of the molecule is C=CCn1c(=O)c2cnc(Nc3ccc(N4CCN(C5CCNCC5)CC4)cc3)nc2n1-c1ccc2c(n1)[C@@](O)(CC)CC2. The van der Waals surface area contributed by atoms with Gasteiger partial charge >= 0.3 is 0 Å². The molecule has 2 aliphatic heterocycles. The van der Waals surface area contributed by atoms with Gasteiger partial charge in [0.05, 0.1) is 12.2 Å². The summed E-state index contributed by atoms with van der Waals surface area (Å²) in [5.74, 6) is 0.914. The first kappa shape index (κ1) is 28.7. The number of hydrogen-bond acceptors (Lipinski definition) is 9. The quantitative estimate of drug-likeness (QED) is 0.264. The molecule has 11 nitrogen and oxygen atoms in total. The van der Waals surface area contributed by atoms with Crippen LogP contribution in [0.15, 0.2) is 60.0 Å². The van der Waals surface area contributed by atoms with Gasteiger partial charge in [0.1, 0.15) is 11.0 Å². The van der Waals surface area contributed by atoms with E-state index in [0.717, 1.165) is 56.9 Å². The van der Waals surface area contributed by atoms with Gasteiger partial charge < -0.3 is 20.6 Å². The molecule has 0 amide bonds. The fraction of sp³-hybridized carbons (Fsp3) is 0.455. The summed E-state index contributed by atoms with van der Waals surface area (Å²) in [6.45, 7) is 12.6. The number of nitrogens with one attached hydrogen (secondary N) is 2. The maximum Gasteiger partial charge on any atom is 0.278 e. The van der Waals surface area contributed by atoms with Crippen LogP contribution < -0.4 is 21.1 Å². The van der Waals surface area contributed by atoms with Gasteiger partial charge in [-0.15, -0.1) is 6.58 Å². The zero-order valence-electron chi connectivity index (χ0n) is 25.4. The van der Waals surface area contributed by atoms with Gasteiger partial charge in [-0.2, -0.15) is 4.98 Å². The molecule has 0 saturated carbocycles. The van der Waals surface area contributed by atoms with Crippen molar-refractivity contribution in [3.05, 3.63) is 76.9 Å². The summed E-state index contributed by atoms with van der Waals surface area (Å²) in [5, 5.41) is 18.4. The first-order valence-electron chi connectivity index (χ1n) is 15.9. The summed E-state index contributed by atoms with van der Waals surface area (Å²) >= 11 is 0. The Bertz CT molecular complexity index is 1720. The van der Waals surface area contributed by atoms with E-state index >= 15 is 0 Å². The fourth-order valence-electron chi connectivity index (χ4n) is 7.01. The third-order valence-corrected chi connectivity index (χ3v) is 9.62. The summed E-state index contributed by atoms with van der Waals surface area (Å²) in [6.07, 6.45) is 7.73. The van der Waals surface area contributed by atoms with Crippen LogP contribution in [0.3, 0.4) is 0 Å². The maximum absolute atomic E-state index is 13.4. The Morgan fingerprint density at radius 1 is 1.09 bits per heavy atom. The van der Waals surface area contributed by atoms with Crippen molar-refractivity contribution in [3.63, 3.8) is 0 Å². The van der Waals surface area contributed by atoms with E-state index in [-0.39, 0.29) is 12.1 Å². The van der Waals surface area contributed by atoms with Crippen LogP contribution in [0, 0.1) is 0 Å². The van der Waals surface area contributed by atoms with Crippen molar-refractivity contribution in [2.45, 2.75) is 57.2 Å². The van der Waals surface area contributed by atoms with E-state index in [4.69, 9.17) is 9.97 Å². The van der Waals surface area contributed by atoms with Gasteiger partial charge in [-0.1, -0.05) is 19.1 Å². The third kappa shape index (κ3) is 5.18. The number of anilines is 3. The first-order valence-corrected chi connectivity index (χ1v) is 15.9. The van der Waals surface area contributed by atoms with Gasteiger partial charge in [-0.25, -0.2) is 19.3 Å². The van der Waals surface area contributed by atoms with Crippen LogP contribution in [0.25, 0.3) is 16.9 Å². The van der Waals surface area contributed by atoms with Gasteiger partial charge in [0.15, 0.2) is 11.5 Å². The molecule has 1 aromatic carbocycles. The number of aromatic nitrogens is 5. The molecule has 0 unspecified atom stereocenters. The van der Waals surface area contributed by atoms with E-state index in [1.54, 1.807) is 21.6 Å². The van der Waals surface area contributed by atoms with Crippen molar-refractivity contribution in [1.82, 2.24) is 34.5 Å². The summed E-state index contributed by atoms with van der Waals surface area (Å²) in [5.41, 5.74) is 3.05. The highest BCUT2D eigenvalue weighted by Gasteiger charge is 2.37. The summed E-state index contributed by atoms with van der Waals surface area (Å²) < 4.78 is 3.28. The van der Waals surface area contributed by atoms with Crippen LogP contribution in [0.4, 0.5) is 17.3 Å². The van der Waals surface area contributed by atoms with E-state index in [2.05, 4.69) is 44.1 Å². The molecule has 0 radical (unpaired) electrons. The highest BCUT2D eigenvalue weighted by atomic mass is 16.3. The molecular formula is C33H41N9O2. The van der Waals surface area contributed by atoms with Crippen molar-refractivity contribution >= 4 is 28.4 Å². The predicted octanol–water partition coefficient (Wildman–Crippen LogP) is 3.32. The van der Waals surface area contributed by atoms with E-state index < -0.39 is 5.60 Å². The second kappa shape index (κ2) is 11.8. The second-order valence-electron chi connectivity index (χ2n) is 12.2. The molecule has 5 heterocycles. The molecule has 3 aromatic heterocycles. The van der Waals surface area contributed by atoms with Crippen molar-refractivity contribution < 1.29 is 5.11 Å². The first-order chi connectivity index (χ1) is 21.5. The Balaban J connectivity index is 1.13. The molecule has 1 aliphatic carbocycles. The molecule has 0 spiro atoms. The Labute approximate surface area is 257 Å². The van der Waals surface area contributed by atoms with Gasteiger partial charge in [0, 0.05) is 49.8 Å². The lowest BCUT2D eigenvalue weighted by molar-refractivity contribution is 0.0306. The highest BCUT2D eigenvalue weighted by molar-refractivity contribution is 5.77. The Kier molecular flexibility index (Phi) is 7.69. The zero-order chi connectivity index (χ0) is 30.3. The van der Waals surface area contributed by atoms with Gasteiger partial charge in [-0.05, 0) is 81.1 Å². The number of hydrogen-bond donors (Lipinski definition) is 3.